The fourth-order valence-electron chi connectivity index (χ4n) is 3.55. The molecule has 9 nitrogen and oxygen atoms in total. The first-order chi connectivity index (χ1) is 14.6. The van der Waals surface area contributed by atoms with Gasteiger partial charge in [-0.1, -0.05) is 17.7 Å². The Hall–Kier alpha value is -0.124. The van der Waals surface area contributed by atoms with Gasteiger partial charge in [0.2, 0.25) is 0 Å². The number of aliphatic hydroxyl groups excluding tert-OH is 2. The van der Waals surface area contributed by atoms with E-state index < -0.39 is 58.3 Å². The molecular formula is C19H22ClFKNO8S. The van der Waals surface area contributed by atoms with Gasteiger partial charge in [-0.3, -0.25) is 0 Å². The minimum absolute atomic E-state index is 0. The van der Waals surface area contributed by atoms with Crippen LogP contribution in [0.3, 0.4) is 0 Å². The van der Waals surface area contributed by atoms with E-state index >= 15 is 0 Å². The number of hydrogen-bond acceptors (Lipinski definition) is 8. The molecule has 2 N–H and O–H groups in total. The van der Waals surface area contributed by atoms with Crippen LogP contribution < -0.4 is 51.4 Å². The topological polar surface area (TPSA) is 133 Å². The summed E-state index contributed by atoms with van der Waals surface area (Å²) in [6.07, 6.45) is -0.594. The summed E-state index contributed by atoms with van der Waals surface area (Å²) >= 11 is 5.89. The number of esters is 1. The molecule has 1 saturated heterocycles. The van der Waals surface area contributed by atoms with Crippen molar-refractivity contribution in [3.8, 4) is 0 Å². The van der Waals surface area contributed by atoms with E-state index in [9.17, 15) is 27.8 Å². The second-order valence-electron chi connectivity index (χ2n) is 7.04. The normalized spacial score (nSPS) is 24.5. The Morgan fingerprint density at radius 3 is 2.47 bits per heavy atom. The van der Waals surface area contributed by atoms with Crippen molar-refractivity contribution in [3.05, 3.63) is 45.4 Å². The number of sulfonamides is 1. The number of aliphatic hydroxyl groups is 2. The van der Waals surface area contributed by atoms with E-state index in [1.165, 1.54) is 6.08 Å². The van der Waals surface area contributed by atoms with Crippen molar-refractivity contribution in [1.82, 2.24) is 0 Å². The number of rotatable bonds is 7. The van der Waals surface area contributed by atoms with E-state index in [2.05, 4.69) is 4.72 Å². The third-order valence-electron chi connectivity index (χ3n) is 4.96. The van der Waals surface area contributed by atoms with Gasteiger partial charge in [-0.05, 0) is 31.6 Å². The molecule has 0 aromatic heterocycles. The Bertz CT molecular complexity index is 964. The molecule has 1 heterocycles. The first-order valence-corrected chi connectivity index (χ1v) is 11.4. The van der Waals surface area contributed by atoms with Gasteiger partial charge in [0, 0.05) is 11.4 Å². The fraction of sp³-hybridized carbons (Fsp3) is 0.526. The first kappa shape index (κ1) is 28.1. The molecule has 3 rings (SSSR count). The molecular weight excluding hydrogens is 496 g/mol. The van der Waals surface area contributed by atoms with Gasteiger partial charge in [-0.25, -0.2) is 17.6 Å². The second kappa shape index (κ2) is 11.5. The number of hydrogen-bond donors (Lipinski definition) is 2. The Morgan fingerprint density at radius 1 is 1.31 bits per heavy atom. The molecule has 13 heteroatoms. The SMILES string of the molecule is CCOC(=O)C1=CC2(CC[C@H]1S(=O)(=O)[N-]c1ccc(F)cc1Cl)O[C@H](CO)[C@@H](CO)O2.[K+]. The van der Waals surface area contributed by atoms with Crippen LogP contribution in [0.2, 0.25) is 5.02 Å². The molecule has 1 aliphatic carbocycles. The average molecular weight is 518 g/mol. The summed E-state index contributed by atoms with van der Waals surface area (Å²) in [5.41, 5.74) is -0.411. The van der Waals surface area contributed by atoms with Crippen molar-refractivity contribution in [2.45, 2.75) is 43.0 Å². The third-order valence-corrected chi connectivity index (χ3v) is 6.92. The van der Waals surface area contributed by atoms with E-state index in [0.717, 1.165) is 18.2 Å². The van der Waals surface area contributed by atoms with Crippen LogP contribution in [0.5, 0.6) is 0 Å². The summed E-state index contributed by atoms with van der Waals surface area (Å²) in [7, 11) is -4.33. The molecule has 1 aliphatic heterocycles. The van der Waals surface area contributed by atoms with E-state index in [-0.39, 0.29) is 87.1 Å². The maximum absolute atomic E-state index is 13.3. The maximum atomic E-state index is 13.3. The van der Waals surface area contributed by atoms with Gasteiger partial charge in [-0.15, -0.1) is 5.69 Å². The zero-order chi connectivity index (χ0) is 22.8. The Kier molecular flexibility index (Phi) is 10.1. The van der Waals surface area contributed by atoms with Crippen LogP contribution in [-0.4, -0.2) is 67.7 Å². The predicted octanol–water partition coefficient (Wildman–Crippen LogP) is -1.07. The molecule has 172 valence electrons. The summed E-state index contributed by atoms with van der Waals surface area (Å²) in [5.74, 6) is -3.04. The van der Waals surface area contributed by atoms with Crippen molar-refractivity contribution < 1.29 is 93.4 Å². The minimum atomic E-state index is -4.33. The van der Waals surface area contributed by atoms with Gasteiger partial charge >= 0.3 is 57.4 Å². The van der Waals surface area contributed by atoms with Crippen molar-refractivity contribution in [2.24, 2.45) is 0 Å². The Balaban J connectivity index is 0.00000363. The van der Waals surface area contributed by atoms with Gasteiger partial charge in [-0.2, -0.15) is 0 Å². The number of carbonyl (C=O) groups is 1. The van der Waals surface area contributed by atoms with Crippen molar-refractivity contribution in [2.75, 3.05) is 19.8 Å². The summed E-state index contributed by atoms with van der Waals surface area (Å²) in [4.78, 5) is 12.6. The number of ether oxygens (including phenoxy) is 3. The van der Waals surface area contributed by atoms with E-state index in [1.807, 2.05) is 0 Å². The smallest absolute Gasteiger partial charge is 0.575 e. The van der Waals surface area contributed by atoms with Crippen LogP contribution in [0, 0.1) is 5.82 Å². The predicted molar refractivity (Wildman–Crippen MR) is 108 cm³/mol. The van der Waals surface area contributed by atoms with E-state index in [1.54, 1.807) is 6.92 Å². The third kappa shape index (κ3) is 6.11. The first-order valence-electron chi connectivity index (χ1n) is 9.54. The number of benzene rings is 1. The summed E-state index contributed by atoms with van der Waals surface area (Å²) in [6, 6.07) is 3.06. The minimum Gasteiger partial charge on any atom is -0.575 e. The number of nitrogens with zero attached hydrogens (tertiary/aromatic N) is 1. The van der Waals surface area contributed by atoms with Crippen LogP contribution in [0.15, 0.2) is 29.8 Å². The maximum Gasteiger partial charge on any atom is 1.00 e. The molecule has 1 aromatic rings. The summed E-state index contributed by atoms with van der Waals surface area (Å²) in [6.45, 7) is 0.692. The summed E-state index contributed by atoms with van der Waals surface area (Å²) < 4.78 is 59.4. The molecule has 1 spiro atoms. The van der Waals surface area contributed by atoms with E-state index in [4.69, 9.17) is 25.8 Å². The van der Waals surface area contributed by atoms with Crippen molar-refractivity contribution in [3.63, 3.8) is 0 Å². The molecule has 0 unspecified atom stereocenters. The molecule has 32 heavy (non-hydrogen) atoms. The molecule has 0 saturated carbocycles. The van der Waals surface area contributed by atoms with Crippen LogP contribution in [-0.2, 0) is 29.0 Å². The number of halogens is 2. The second-order valence-corrected chi connectivity index (χ2v) is 9.23. The van der Waals surface area contributed by atoms with Gasteiger partial charge in [0.05, 0.1) is 30.6 Å². The van der Waals surface area contributed by atoms with Gasteiger partial charge in [0.1, 0.15) is 28.0 Å². The molecule has 1 fully saturated rings. The molecule has 0 amide bonds. The molecule has 0 radical (unpaired) electrons. The zero-order valence-electron chi connectivity index (χ0n) is 17.5. The molecule has 1 aromatic carbocycles. The van der Waals surface area contributed by atoms with Crippen LogP contribution in [0.1, 0.15) is 19.8 Å². The molecule has 2 aliphatic rings. The van der Waals surface area contributed by atoms with Crippen LogP contribution in [0.25, 0.3) is 4.72 Å². The largest absolute Gasteiger partial charge is 1.00 e. The molecule has 0 bridgehead atoms. The van der Waals surface area contributed by atoms with Gasteiger partial charge in [0.15, 0.2) is 5.79 Å². The fourth-order valence-corrected chi connectivity index (χ4v) is 5.27. The van der Waals surface area contributed by atoms with Crippen molar-refractivity contribution >= 4 is 33.3 Å². The zero-order valence-corrected chi connectivity index (χ0v) is 22.2. The van der Waals surface area contributed by atoms with Crippen molar-refractivity contribution in [1.29, 1.82) is 0 Å². The Labute approximate surface area is 232 Å². The van der Waals surface area contributed by atoms with Crippen LogP contribution >= 0.6 is 11.6 Å². The Morgan fingerprint density at radius 2 is 1.94 bits per heavy atom. The number of carbonyl (C=O) groups excluding carboxylic acids is 1. The van der Waals surface area contributed by atoms with E-state index in [0.29, 0.717) is 0 Å². The van der Waals surface area contributed by atoms with Crippen LogP contribution in [0.4, 0.5) is 10.1 Å². The molecule has 3 atom stereocenters. The van der Waals surface area contributed by atoms with Gasteiger partial charge in [0.25, 0.3) is 0 Å². The van der Waals surface area contributed by atoms with Gasteiger partial charge < -0.3 is 29.1 Å². The summed E-state index contributed by atoms with van der Waals surface area (Å²) in [5, 5.41) is 17.3. The average Bonchev–Trinajstić information content (AvgIpc) is 3.07. The standard InChI is InChI=1S/C19H22ClFNO8S.K/c1-2-28-18(25)12-8-19(29-15(9-23)16(10-24)30-19)6-5-17(12)31(26,27)22-14-4-3-11(21)7-13(14)20;/h3-4,7-8,15-17,23-24H,2,5-6,9-10H2,1H3;/q-1;+1/t15-,16-,17-;/m1./s1. The monoisotopic (exact) mass is 517 g/mol. The quantitative estimate of drug-likeness (QED) is 0.345.